The van der Waals surface area contributed by atoms with Gasteiger partial charge in [-0.2, -0.15) is 23.5 Å². The second kappa shape index (κ2) is 7.26. The summed E-state index contributed by atoms with van der Waals surface area (Å²) in [4.78, 5) is 15.9. The summed E-state index contributed by atoms with van der Waals surface area (Å²) in [5.41, 5.74) is 0.228. The van der Waals surface area contributed by atoms with Crippen LogP contribution < -0.4 is 5.32 Å². The maximum absolute atomic E-state index is 13.6. The van der Waals surface area contributed by atoms with Crippen molar-refractivity contribution in [3.05, 3.63) is 70.9 Å². The second-order valence-corrected chi connectivity index (χ2v) is 6.76. The number of hydrogen-bond donors (Lipinski definition) is 1. The molecule has 0 saturated carbocycles. The molecule has 1 N–H and O–H groups in total. The molecule has 0 unspecified atom stereocenters. The van der Waals surface area contributed by atoms with Crippen LogP contribution in [0, 0.1) is 17.1 Å². The third kappa shape index (κ3) is 3.74. The van der Waals surface area contributed by atoms with Gasteiger partial charge in [-0.1, -0.05) is 0 Å². The van der Waals surface area contributed by atoms with Crippen molar-refractivity contribution in [1.29, 1.82) is 5.26 Å². The summed E-state index contributed by atoms with van der Waals surface area (Å²) in [5.74, 6) is -1.26. The van der Waals surface area contributed by atoms with Crippen LogP contribution in [-0.2, 0) is 12.7 Å². The Morgan fingerprint density at radius 1 is 1.23 bits per heavy atom. The molecule has 10 heteroatoms. The van der Waals surface area contributed by atoms with E-state index in [1.54, 1.807) is 16.8 Å². The van der Waals surface area contributed by atoms with E-state index in [0.717, 1.165) is 24.4 Å². The van der Waals surface area contributed by atoms with Crippen molar-refractivity contribution in [2.75, 3.05) is 0 Å². The molecule has 152 valence electrons. The number of benzene rings is 1. The molecular weight excluding hydrogens is 402 g/mol. The Morgan fingerprint density at radius 3 is 2.77 bits per heavy atom. The zero-order valence-electron chi connectivity index (χ0n) is 15.2. The van der Waals surface area contributed by atoms with Gasteiger partial charge in [-0.25, -0.2) is 4.39 Å². The predicted octanol–water partition coefficient (Wildman–Crippen LogP) is 3.85. The van der Waals surface area contributed by atoms with Crippen molar-refractivity contribution in [1.82, 2.24) is 20.1 Å². The first-order chi connectivity index (χ1) is 14.2. The van der Waals surface area contributed by atoms with Crippen molar-refractivity contribution in [3.63, 3.8) is 0 Å². The zero-order valence-corrected chi connectivity index (χ0v) is 15.2. The number of pyridine rings is 1. The number of hydrogen-bond acceptors (Lipinski definition) is 4. The fourth-order valence-corrected chi connectivity index (χ4v) is 3.35. The van der Waals surface area contributed by atoms with E-state index in [0.29, 0.717) is 24.4 Å². The van der Waals surface area contributed by atoms with Crippen LogP contribution in [0.4, 0.5) is 17.6 Å². The number of nitriles is 1. The largest absolute Gasteiger partial charge is 0.433 e. The molecule has 1 amide bonds. The quantitative estimate of drug-likeness (QED) is 0.659. The molecule has 0 radical (unpaired) electrons. The lowest BCUT2D eigenvalue weighted by molar-refractivity contribution is -0.141. The fourth-order valence-electron chi connectivity index (χ4n) is 3.35. The Hall–Kier alpha value is -3.74. The first kappa shape index (κ1) is 19.6. The summed E-state index contributed by atoms with van der Waals surface area (Å²) in [6.07, 6.45) is -2.97. The minimum Gasteiger partial charge on any atom is -0.344 e. The van der Waals surface area contributed by atoms with Crippen molar-refractivity contribution in [3.8, 4) is 17.3 Å². The van der Waals surface area contributed by atoms with Crippen molar-refractivity contribution >= 4 is 5.91 Å². The van der Waals surface area contributed by atoms with Gasteiger partial charge in [0, 0.05) is 23.9 Å². The Bertz CT molecular complexity index is 1180. The molecule has 1 atom stereocenters. The van der Waals surface area contributed by atoms with Gasteiger partial charge in [0.25, 0.3) is 5.91 Å². The Kier molecular flexibility index (Phi) is 4.73. The number of nitrogens with one attached hydrogen (secondary N) is 1. The van der Waals surface area contributed by atoms with Crippen LogP contribution in [0.25, 0.3) is 11.3 Å². The van der Waals surface area contributed by atoms with Crippen LogP contribution in [-0.4, -0.2) is 20.7 Å². The summed E-state index contributed by atoms with van der Waals surface area (Å²) < 4.78 is 54.0. The summed E-state index contributed by atoms with van der Waals surface area (Å²) in [7, 11) is 0. The summed E-state index contributed by atoms with van der Waals surface area (Å²) in [5, 5.41) is 16.0. The molecule has 6 nitrogen and oxygen atoms in total. The van der Waals surface area contributed by atoms with E-state index < -0.39 is 29.6 Å². The van der Waals surface area contributed by atoms with Gasteiger partial charge in [0.2, 0.25) is 0 Å². The standard InChI is InChI=1S/C20H13F4N5O/c21-14-6-11(10-25)5-13(7-14)19(30)27-15-2-4-29-17(15)9-16(28-29)12-1-3-26-18(8-12)20(22,23)24/h1,3,5-9,15H,2,4H2,(H,27,30)/t15-/m1/s1. The highest BCUT2D eigenvalue weighted by Crippen LogP contribution is 2.33. The average Bonchev–Trinajstić information content (AvgIpc) is 3.29. The number of rotatable bonds is 3. The summed E-state index contributed by atoms with van der Waals surface area (Å²) >= 11 is 0. The van der Waals surface area contributed by atoms with Gasteiger partial charge in [0.15, 0.2) is 0 Å². The molecular formula is C20H13F4N5O. The molecule has 0 aliphatic carbocycles. The number of alkyl halides is 3. The number of aryl methyl sites for hydroxylation is 1. The maximum Gasteiger partial charge on any atom is 0.433 e. The number of amides is 1. The molecule has 4 rings (SSSR count). The smallest absolute Gasteiger partial charge is 0.344 e. The monoisotopic (exact) mass is 415 g/mol. The number of carbonyl (C=O) groups excluding carboxylic acids is 1. The average molecular weight is 415 g/mol. The van der Waals surface area contributed by atoms with E-state index in [1.807, 2.05) is 0 Å². The van der Waals surface area contributed by atoms with Crippen LogP contribution in [0.2, 0.25) is 0 Å². The highest BCUT2D eigenvalue weighted by Gasteiger charge is 2.33. The SMILES string of the molecule is N#Cc1cc(F)cc(C(=O)N[C@@H]2CCn3nc(-c4ccnc(C(F)(F)F)c4)cc32)c1. The van der Waals surface area contributed by atoms with Crippen molar-refractivity contribution in [2.45, 2.75) is 25.2 Å². The highest BCUT2D eigenvalue weighted by molar-refractivity contribution is 5.94. The molecule has 0 fully saturated rings. The minimum absolute atomic E-state index is 0.00805. The van der Waals surface area contributed by atoms with E-state index in [4.69, 9.17) is 5.26 Å². The van der Waals surface area contributed by atoms with Gasteiger partial charge in [-0.05, 0) is 42.8 Å². The lowest BCUT2D eigenvalue weighted by Gasteiger charge is -2.12. The molecule has 0 saturated heterocycles. The lowest BCUT2D eigenvalue weighted by Crippen LogP contribution is -2.27. The van der Waals surface area contributed by atoms with Crippen LogP contribution in [0.1, 0.15) is 39.8 Å². The van der Waals surface area contributed by atoms with Gasteiger partial charge >= 0.3 is 6.18 Å². The maximum atomic E-state index is 13.6. The first-order valence-electron chi connectivity index (χ1n) is 8.87. The predicted molar refractivity (Wildman–Crippen MR) is 96.4 cm³/mol. The molecule has 3 heterocycles. The third-order valence-electron chi connectivity index (χ3n) is 4.74. The summed E-state index contributed by atoms with van der Waals surface area (Å²) in [6.45, 7) is 0.462. The van der Waals surface area contributed by atoms with Crippen molar-refractivity contribution < 1.29 is 22.4 Å². The highest BCUT2D eigenvalue weighted by atomic mass is 19.4. The second-order valence-electron chi connectivity index (χ2n) is 6.76. The zero-order chi connectivity index (χ0) is 21.5. The first-order valence-corrected chi connectivity index (χ1v) is 8.87. The molecule has 30 heavy (non-hydrogen) atoms. The van der Waals surface area contributed by atoms with E-state index in [1.165, 1.54) is 12.1 Å². The van der Waals surface area contributed by atoms with E-state index in [9.17, 15) is 22.4 Å². The Labute approximate surface area is 167 Å². The third-order valence-corrected chi connectivity index (χ3v) is 4.74. The Morgan fingerprint density at radius 2 is 2.03 bits per heavy atom. The topological polar surface area (TPSA) is 83.6 Å². The van der Waals surface area contributed by atoms with E-state index in [-0.39, 0.29) is 16.7 Å². The Balaban J connectivity index is 1.58. The van der Waals surface area contributed by atoms with E-state index in [2.05, 4.69) is 15.4 Å². The van der Waals surface area contributed by atoms with Gasteiger partial charge < -0.3 is 5.32 Å². The van der Waals surface area contributed by atoms with Gasteiger partial charge in [-0.15, -0.1) is 0 Å². The number of fused-ring (bicyclic) bond motifs is 1. The molecule has 0 spiro atoms. The van der Waals surface area contributed by atoms with Crippen molar-refractivity contribution in [2.24, 2.45) is 0 Å². The van der Waals surface area contributed by atoms with E-state index >= 15 is 0 Å². The van der Waals surface area contributed by atoms with Gasteiger partial charge in [0.1, 0.15) is 11.5 Å². The molecule has 0 bridgehead atoms. The fraction of sp³-hybridized carbons (Fsp3) is 0.200. The number of halogens is 4. The normalized spacial score (nSPS) is 15.5. The number of carbonyl (C=O) groups is 1. The van der Waals surface area contributed by atoms with Gasteiger partial charge in [-0.3, -0.25) is 14.5 Å². The number of nitrogens with zero attached hydrogens (tertiary/aromatic N) is 4. The van der Waals surface area contributed by atoms with Crippen LogP contribution in [0.5, 0.6) is 0 Å². The minimum atomic E-state index is -4.57. The van der Waals surface area contributed by atoms with Crippen LogP contribution >= 0.6 is 0 Å². The molecule has 1 aliphatic rings. The number of aromatic nitrogens is 3. The lowest BCUT2D eigenvalue weighted by atomic mass is 10.1. The van der Waals surface area contributed by atoms with Crippen LogP contribution in [0.3, 0.4) is 0 Å². The molecule has 3 aromatic rings. The molecule has 2 aromatic heterocycles. The summed E-state index contributed by atoms with van der Waals surface area (Å²) in [6, 6.07) is 8.64. The van der Waals surface area contributed by atoms with Crippen LogP contribution in [0.15, 0.2) is 42.6 Å². The molecule has 1 aliphatic heterocycles. The molecule has 1 aromatic carbocycles. The van der Waals surface area contributed by atoms with Gasteiger partial charge in [0.05, 0.1) is 29.1 Å².